The van der Waals surface area contributed by atoms with Gasteiger partial charge in [0.1, 0.15) is 5.69 Å². The van der Waals surface area contributed by atoms with Crippen LogP contribution in [-0.2, 0) is 6.18 Å². The smallest absolute Gasteiger partial charge is 0.270 e. The van der Waals surface area contributed by atoms with Crippen LogP contribution in [-0.4, -0.2) is 4.98 Å². The zero-order valence-electron chi connectivity index (χ0n) is 8.27. The van der Waals surface area contributed by atoms with Gasteiger partial charge in [0.2, 0.25) is 0 Å². The summed E-state index contributed by atoms with van der Waals surface area (Å²) in [4.78, 5) is 3.50. The third kappa shape index (κ3) is 2.60. The molecule has 0 bridgehead atoms. The number of hydrogen-bond donors (Lipinski definition) is 0. The molecule has 0 amide bonds. The average molecular weight is 282 g/mol. The Morgan fingerprint density at radius 3 is 2.62 bits per heavy atom. The molecule has 0 unspecified atom stereocenters. The van der Waals surface area contributed by atoms with E-state index in [-0.39, 0.29) is 24.4 Å². The second-order valence-corrected chi connectivity index (χ2v) is 3.77. The summed E-state index contributed by atoms with van der Waals surface area (Å²) in [6, 6.07) is 8.54. The number of aromatic nitrogens is 1. The normalized spacial score (nSPS) is 11.2. The van der Waals surface area contributed by atoms with Gasteiger partial charge in [0, 0.05) is 0 Å². The van der Waals surface area contributed by atoms with Crippen LogP contribution in [0.5, 0.6) is 0 Å². The molecule has 0 aliphatic carbocycles. The number of halogens is 4. The predicted octanol–water partition coefficient (Wildman–Crippen LogP) is 0.820. The maximum atomic E-state index is 12.4. The monoisotopic (exact) mass is 281 g/mol. The molecule has 16 heavy (non-hydrogen) atoms. The van der Waals surface area contributed by atoms with Gasteiger partial charge in [0.05, 0.1) is 0 Å². The number of alkyl halides is 3. The molecule has 1 aromatic heterocycles. The van der Waals surface area contributed by atoms with Gasteiger partial charge >= 0.3 is 25.0 Å². The van der Waals surface area contributed by atoms with Crippen LogP contribution < -0.4 is 18.9 Å². The average Bonchev–Trinajstić information content (AvgIpc) is 2.16. The van der Waals surface area contributed by atoms with E-state index in [0.717, 1.165) is 6.07 Å². The summed E-state index contributed by atoms with van der Waals surface area (Å²) >= 11 is 3.08. The molecule has 0 saturated heterocycles. The first kappa shape index (κ1) is 13.6. The van der Waals surface area contributed by atoms with E-state index in [1.165, 1.54) is 6.07 Å². The molecular formula is C10H4BrF3LiN. The minimum Gasteiger partial charge on any atom is -0.270 e. The van der Waals surface area contributed by atoms with Gasteiger partial charge in [-0.25, -0.2) is 0 Å². The van der Waals surface area contributed by atoms with Crippen molar-refractivity contribution in [1.82, 2.24) is 4.98 Å². The van der Waals surface area contributed by atoms with E-state index in [9.17, 15) is 13.2 Å². The quantitative estimate of drug-likeness (QED) is 0.515. The molecule has 0 atom stereocenters. The number of benzene rings is 1. The number of fused-ring (bicyclic) bond motifs is 1. The van der Waals surface area contributed by atoms with Crippen molar-refractivity contribution in [3.05, 3.63) is 40.5 Å². The first-order chi connectivity index (χ1) is 6.98. The fourth-order valence-electron chi connectivity index (χ4n) is 1.21. The van der Waals surface area contributed by atoms with Gasteiger partial charge in [0.25, 0.3) is 0 Å². The second kappa shape index (κ2) is 4.78. The number of pyridine rings is 1. The fraction of sp³-hybridized carbons (Fsp3) is 0.100. The molecule has 0 radical (unpaired) electrons. The molecule has 0 N–H and O–H groups in total. The van der Waals surface area contributed by atoms with Gasteiger partial charge < -0.3 is 0 Å². The van der Waals surface area contributed by atoms with Gasteiger partial charge in [-0.2, -0.15) is 37.4 Å². The number of rotatable bonds is 0. The largest absolute Gasteiger partial charge is 1.00 e. The van der Waals surface area contributed by atoms with E-state index in [4.69, 9.17) is 0 Å². The summed E-state index contributed by atoms with van der Waals surface area (Å²) in [6.45, 7) is 0. The summed E-state index contributed by atoms with van der Waals surface area (Å²) in [5.41, 5.74) is -0.705. The second-order valence-electron chi connectivity index (χ2n) is 2.92. The molecule has 0 aliphatic rings. The van der Waals surface area contributed by atoms with Gasteiger partial charge in [0.15, 0.2) is 0 Å². The van der Waals surface area contributed by atoms with E-state index < -0.39 is 11.9 Å². The van der Waals surface area contributed by atoms with Crippen LogP contribution in [0.15, 0.2) is 28.7 Å². The van der Waals surface area contributed by atoms with Crippen molar-refractivity contribution in [2.24, 2.45) is 0 Å². The molecule has 2 rings (SSSR count). The molecule has 1 aromatic carbocycles. The zero-order valence-corrected chi connectivity index (χ0v) is 9.85. The van der Waals surface area contributed by atoms with Crippen molar-refractivity contribution in [3.8, 4) is 0 Å². The van der Waals surface area contributed by atoms with Crippen molar-refractivity contribution < 1.29 is 32.0 Å². The Hall–Kier alpha value is -0.503. The molecular weight excluding hydrogens is 278 g/mol. The van der Waals surface area contributed by atoms with Gasteiger partial charge in [-0.15, -0.1) is 0 Å². The Balaban J connectivity index is 0.00000128. The summed E-state index contributed by atoms with van der Waals surface area (Å²) < 4.78 is 37.6. The molecule has 78 valence electrons. The molecule has 0 saturated carbocycles. The first-order valence-electron chi connectivity index (χ1n) is 4.02. The van der Waals surface area contributed by atoms with Gasteiger partial charge in [-0.05, 0) is 16.1 Å². The van der Waals surface area contributed by atoms with E-state index in [1.807, 2.05) is 0 Å². The summed E-state index contributed by atoms with van der Waals surface area (Å²) in [6.07, 6.45) is -4.43. The summed E-state index contributed by atoms with van der Waals surface area (Å²) in [5, 5.41) is 0.616. The molecule has 0 aliphatic heterocycles. The van der Waals surface area contributed by atoms with E-state index in [0.29, 0.717) is 9.86 Å². The SMILES string of the molecule is FC(F)(F)c1cc(Br)c2ccc[c-]c2n1.[Li+]. The van der Waals surface area contributed by atoms with Crippen molar-refractivity contribution >= 4 is 26.8 Å². The Bertz CT molecular complexity index is 513. The molecule has 0 fully saturated rings. The Morgan fingerprint density at radius 1 is 1.31 bits per heavy atom. The zero-order chi connectivity index (χ0) is 11.1. The van der Waals surface area contributed by atoms with Crippen LogP contribution in [0.25, 0.3) is 10.9 Å². The van der Waals surface area contributed by atoms with Crippen molar-refractivity contribution in [1.29, 1.82) is 0 Å². The van der Waals surface area contributed by atoms with Crippen molar-refractivity contribution in [3.63, 3.8) is 0 Å². The van der Waals surface area contributed by atoms with Crippen molar-refractivity contribution in [2.45, 2.75) is 6.18 Å². The molecule has 0 spiro atoms. The van der Waals surface area contributed by atoms with Crippen molar-refractivity contribution in [2.75, 3.05) is 0 Å². The van der Waals surface area contributed by atoms with Crippen LogP contribution in [0, 0.1) is 6.07 Å². The van der Waals surface area contributed by atoms with E-state index in [2.05, 4.69) is 27.0 Å². The fourth-order valence-corrected chi connectivity index (χ4v) is 1.75. The minimum absolute atomic E-state index is 0. The van der Waals surface area contributed by atoms with Crippen LogP contribution in [0.3, 0.4) is 0 Å². The summed E-state index contributed by atoms with van der Waals surface area (Å²) in [5.74, 6) is 0. The van der Waals surface area contributed by atoms with Crippen LogP contribution in [0.1, 0.15) is 5.69 Å². The van der Waals surface area contributed by atoms with E-state index >= 15 is 0 Å². The molecule has 2 aromatic rings. The third-order valence-electron chi connectivity index (χ3n) is 1.88. The number of para-hydroxylation sites is 1. The standard InChI is InChI=1S/C10H4BrF3N.Li/c11-7-5-9(10(12,13)14)15-8-4-2-1-3-6(7)8;/h1-3,5H;/q-1;+1. The maximum Gasteiger partial charge on any atom is 1.00 e. The minimum atomic E-state index is -4.43. The molecule has 6 heteroatoms. The Morgan fingerprint density at radius 2 is 2.00 bits per heavy atom. The number of nitrogens with zero attached hydrogens (tertiary/aromatic N) is 1. The summed E-state index contributed by atoms with van der Waals surface area (Å²) in [7, 11) is 0. The van der Waals surface area contributed by atoms with Crippen LogP contribution in [0.4, 0.5) is 13.2 Å². The molecule has 1 heterocycles. The first-order valence-corrected chi connectivity index (χ1v) is 4.82. The van der Waals surface area contributed by atoms with Crippen LogP contribution >= 0.6 is 15.9 Å². The topological polar surface area (TPSA) is 12.9 Å². The number of hydrogen-bond acceptors (Lipinski definition) is 1. The Labute approximate surface area is 110 Å². The predicted molar refractivity (Wildman–Crippen MR) is 53.3 cm³/mol. The van der Waals surface area contributed by atoms with Crippen LogP contribution in [0.2, 0.25) is 0 Å². The Kier molecular flexibility index (Phi) is 4.05. The van der Waals surface area contributed by atoms with Gasteiger partial charge in [-0.3, -0.25) is 4.98 Å². The maximum absolute atomic E-state index is 12.4. The molecule has 1 nitrogen and oxygen atoms in total. The van der Waals surface area contributed by atoms with Gasteiger partial charge in [-0.1, -0.05) is 21.3 Å². The third-order valence-corrected chi connectivity index (χ3v) is 2.53. The van der Waals surface area contributed by atoms with E-state index in [1.54, 1.807) is 12.1 Å².